The lowest BCUT2D eigenvalue weighted by molar-refractivity contribution is 0.176. The van der Waals surface area contributed by atoms with E-state index in [0.29, 0.717) is 6.54 Å². The Hall–Kier alpha value is -0.930. The number of likely N-dealkylation sites (N-methyl/N-ethyl adjacent to an activating group) is 1. The fourth-order valence-corrected chi connectivity index (χ4v) is 1.13. The highest BCUT2D eigenvalue weighted by molar-refractivity contribution is 5.23. The molecule has 66 valence electrons. The Balaban J connectivity index is 2.79. The second-order valence-electron chi connectivity index (χ2n) is 2.81. The first-order valence-electron chi connectivity index (χ1n) is 3.99. The Morgan fingerprint density at radius 2 is 2.42 bits per heavy atom. The number of nitrogens with one attached hydrogen (secondary N) is 1. The molecule has 0 aliphatic carbocycles. The van der Waals surface area contributed by atoms with Gasteiger partial charge in [-0.25, -0.2) is 0 Å². The molecule has 1 rings (SSSR count). The van der Waals surface area contributed by atoms with Gasteiger partial charge in [0.2, 0.25) is 0 Å². The van der Waals surface area contributed by atoms with E-state index in [-0.39, 0.29) is 0 Å². The summed E-state index contributed by atoms with van der Waals surface area (Å²) in [5.74, 6) is 0. The van der Waals surface area contributed by atoms with E-state index in [2.05, 4.69) is 10.3 Å². The summed E-state index contributed by atoms with van der Waals surface area (Å²) in [6, 6.07) is 1.90. The van der Waals surface area contributed by atoms with Gasteiger partial charge in [0.15, 0.2) is 0 Å². The average Bonchev–Trinajstić information content (AvgIpc) is 2.05. The molecule has 0 amide bonds. The summed E-state index contributed by atoms with van der Waals surface area (Å²) in [5.41, 5.74) is 1.97. The van der Waals surface area contributed by atoms with E-state index in [1.807, 2.05) is 20.0 Å². The smallest absolute Gasteiger partial charge is 0.0931 e. The number of pyridine rings is 1. The van der Waals surface area contributed by atoms with Crippen molar-refractivity contribution in [1.29, 1.82) is 0 Å². The molecule has 0 radical (unpaired) electrons. The lowest BCUT2D eigenvalue weighted by Crippen LogP contribution is -2.17. The molecule has 1 unspecified atom stereocenters. The molecule has 0 spiro atoms. The van der Waals surface area contributed by atoms with Crippen LogP contribution in [0.3, 0.4) is 0 Å². The summed E-state index contributed by atoms with van der Waals surface area (Å²) in [6.45, 7) is 2.53. The third-order valence-electron chi connectivity index (χ3n) is 1.84. The Morgan fingerprint density at radius 3 is 3.00 bits per heavy atom. The molecule has 1 aromatic rings. The van der Waals surface area contributed by atoms with Crippen LogP contribution in [0.25, 0.3) is 0 Å². The van der Waals surface area contributed by atoms with E-state index >= 15 is 0 Å². The maximum Gasteiger partial charge on any atom is 0.0931 e. The quantitative estimate of drug-likeness (QED) is 0.692. The molecule has 0 fully saturated rings. The van der Waals surface area contributed by atoms with Crippen LogP contribution in [-0.2, 0) is 0 Å². The number of aliphatic hydroxyl groups is 1. The highest BCUT2D eigenvalue weighted by Gasteiger charge is 2.07. The van der Waals surface area contributed by atoms with E-state index in [1.54, 1.807) is 12.4 Å². The predicted molar refractivity (Wildman–Crippen MR) is 47.9 cm³/mol. The van der Waals surface area contributed by atoms with Gasteiger partial charge in [0.1, 0.15) is 0 Å². The van der Waals surface area contributed by atoms with Gasteiger partial charge in [-0.3, -0.25) is 4.98 Å². The zero-order valence-electron chi connectivity index (χ0n) is 7.41. The second-order valence-corrected chi connectivity index (χ2v) is 2.81. The lowest BCUT2D eigenvalue weighted by Gasteiger charge is -2.11. The molecular weight excluding hydrogens is 152 g/mol. The summed E-state index contributed by atoms with van der Waals surface area (Å²) in [4.78, 5) is 3.96. The minimum atomic E-state index is -0.455. The van der Waals surface area contributed by atoms with Gasteiger partial charge in [-0.1, -0.05) is 0 Å². The highest BCUT2D eigenvalue weighted by atomic mass is 16.3. The molecule has 2 N–H and O–H groups in total. The standard InChI is InChI=1S/C9H14N2O/c1-7-3-4-11-5-8(7)9(12)6-10-2/h3-5,9-10,12H,6H2,1-2H3. The van der Waals surface area contributed by atoms with Crippen LogP contribution in [0.5, 0.6) is 0 Å². The van der Waals surface area contributed by atoms with E-state index in [1.165, 1.54) is 0 Å². The van der Waals surface area contributed by atoms with Crippen LogP contribution in [0, 0.1) is 6.92 Å². The molecule has 0 aliphatic rings. The Labute approximate surface area is 72.5 Å². The molecule has 0 aliphatic heterocycles. The van der Waals surface area contributed by atoms with Crippen molar-refractivity contribution in [2.75, 3.05) is 13.6 Å². The minimum absolute atomic E-state index is 0.455. The third-order valence-corrected chi connectivity index (χ3v) is 1.84. The predicted octanol–water partition coefficient (Wildman–Crippen LogP) is 0.643. The molecule has 1 atom stereocenters. The molecule has 1 aromatic heterocycles. The molecule has 3 heteroatoms. The Bertz CT molecular complexity index is 250. The van der Waals surface area contributed by atoms with Crippen LogP contribution in [0.15, 0.2) is 18.5 Å². The number of hydrogen-bond donors (Lipinski definition) is 2. The topological polar surface area (TPSA) is 45.1 Å². The number of nitrogens with zero attached hydrogens (tertiary/aromatic N) is 1. The number of aryl methyl sites for hydroxylation is 1. The lowest BCUT2D eigenvalue weighted by atomic mass is 10.1. The van der Waals surface area contributed by atoms with Gasteiger partial charge in [0.05, 0.1) is 6.10 Å². The maximum atomic E-state index is 9.60. The largest absolute Gasteiger partial charge is 0.387 e. The summed E-state index contributed by atoms with van der Waals surface area (Å²) >= 11 is 0. The molecule has 0 bridgehead atoms. The molecule has 12 heavy (non-hydrogen) atoms. The van der Waals surface area contributed by atoms with E-state index in [4.69, 9.17) is 0 Å². The third kappa shape index (κ3) is 2.03. The van der Waals surface area contributed by atoms with Gasteiger partial charge in [-0.2, -0.15) is 0 Å². The van der Waals surface area contributed by atoms with Gasteiger partial charge in [0, 0.05) is 24.5 Å². The van der Waals surface area contributed by atoms with Crippen molar-refractivity contribution >= 4 is 0 Å². The SMILES string of the molecule is CNCC(O)c1cnccc1C. The van der Waals surface area contributed by atoms with Crippen molar-refractivity contribution in [2.24, 2.45) is 0 Å². The Kier molecular flexibility index (Phi) is 3.19. The van der Waals surface area contributed by atoms with E-state index in [0.717, 1.165) is 11.1 Å². The van der Waals surface area contributed by atoms with Crippen molar-refractivity contribution < 1.29 is 5.11 Å². The van der Waals surface area contributed by atoms with Crippen LogP contribution in [-0.4, -0.2) is 23.7 Å². The first-order chi connectivity index (χ1) is 5.75. The fraction of sp³-hybridized carbons (Fsp3) is 0.444. The monoisotopic (exact) mass is 166 g/mol. The van der Waals surface area contributed by atoms with Gasteiger partial charge >= 0.3 is 0 Å². The molecule has 0 saturated carbocycles. The fourth-order valence-electron chi connectivity index (χ4n) is 1.13. The van der Waals surface area contributed by atoms with Crippen molar-refractivity contribution in [1.82, 2.24) is 10.3 Å². The average molecular weight is 166 g/mol. The van der Waals surface area contributed by atoms with Crippen LogP contribution in [0.1, 0.15) is 17.2 Å². The molecule has 1 heterocycles. The van der Waals surface area contributed by atoms with Gasteiger partial charge < -0.3 is 10.4 Å². The van der Waals surface area contributed by atoms with Crippen LogP contribution in [0.2, 0.25) is 0 Å². The normalized spacial score (nSPS) is 12.9. The van der Waals surface area contributed by atoms with Crippen molar-refractivity contribution in [3.05, 3.63) is 29.6 Å². The van der Waals surface area contributed by atoms with Crippen molar-refractivity contribution in [3.8, 4) is 0 Å². The Morgan fingerprint density at radius 1 is 1.67 bits per heavy atom. The highest BCUT2D eigenvalue weighted by Crippen LogP contribution is 2.14. The van der Waals surface area contributed by atoms with Crippen LogP contribution >= 0.6 is 0 Å². The molecule has 0 saturated heterocycles. The van der Waals surface area contributed by atoms with Gasteiger partial charge in [-0.05, 0) is 25.6 Å². The van der Waals surface area contributed by atoms with Crippen molar-refractivity contribution in [3.63, 3.8) is 0 Å². The number of aliphatic hydroxyl groups excluding tert-OH is 1. The molecule has 0 aromatic carbocycles. The summed E-state index contributed by atoms with van der Waals surface area (Å²) in [5, 5.41) is 12.5. The van der Waals surface area contributed by atoms with Crippen LogP contribution in [0.4, 0.5) is 0 Å². The zero-order valence-corrected chi connectivity index (χ0v) is 7.41. The minimum Gasteiger partial charge on any atom is -0.387 e. The van der Waals surface area contributed by atoms with Crippen LogP contribution < -0.4 is 5.32 Å². The first kappa shape index (κ1) is 9.16. The molecular formula is C9H14N2O. The molecule has 3 nitrogen and oxygen atoms in total. The number of rotatable bonds is 3. The summed E-state index contributed by atoms with van der Waals surface area (Å²) in [6.07, 6.45) is 2.98. The zero-order chi connectivity index (χ0) is 8.97. The number of aromatic nitrogens is 1. The second kappa shape index (κ2) is 4.18. The summed E-state index contributed by atoms with van der Waals surface area (Å²) < 4.78 is 0. The summed E-state index contributed by atoms with van der Waals surface area (Å²) in [7, 11) is 1.81. The van der Waals surface area contributed by atoms with Gasteiger partial charge in [-0.15, -0.1) is 0 Å². The van der Waals surface area contributed by atoms with E-state index < -0.39 is 6.10 Å². The van der Waals surface area contributed by atoms with Gasteiger partial charge in [0.25, 0.3) is 0 Å². The first-order valence-corrected chi connectivity index (χ1v) is 3.99. The van der Waals surface area contributed by atoms with E-state index in [9.17, 15) is 5.11 Å². The van der Waals surface area contributed by atoms with Crippen molar-refractivity contribution in [2.45, 2.75) is 13.0 Å². The number of hydrogen-bond acceptors (Lipinski definition) is 3. The maximum absolute atomic E-state index is 9.60.